The van der Waals surface area contributed by atoms with Crippen LogP contribution < -0.4 is 5.32 Å². The summed E-state index contributed by atoms with van der Waals surface area (Å²) in [6.45, 7) is 0. The Bertz CT molecular complexity index is 73.3. The molecule has 7 heavy (non-hydrogen) atoms. The van der Waals surface area contributed by atoms with Crippen LogP contribution in [0.25, 0.3) is 0 Å². The molecule has 0 aliphatic heterocycles. The van der Waals surface area contributed by atoms with Crippen LogP contribution in [-0.4, -0.2) is 17.9 Å². The molecule has 0 bridgehead atoms. The minimum absolute atomic E-state index is 0.267. The maximum atomic E-state index is 9.36. The Balaban J connectivity index is 3.15. The van der Waals surface area contributed by atoms with E-state index in [0.29, 0.717) is 0 Å². The molecule has 0 rings (SSSR count). The van der Waals surface area contributed by atoms with E-state index in [4.69, 9.17) is 10.6 Å². The Morgan fingerprint density at radius 2 is 2.57 bits per heavy atom. The van der Waals surface area contributed by atoms with Crippen LogP contribution in [0.2, 0.25) is 0 Å². The fourth-order valence-electron chi connectivity index (χ4n) is 0.0981. The predicted octanol–water partition coefficient (Wildman–Crippen LogP) is -0.961. The Morgan fingerprint density at radius 1 is 2.00 bits per heavy atom. The Morgan fingerprint density at radius 3 is 2.71 bits per heavy atom. The lowest BCUT2D eigenvalue weighted by atomic mass is 11.0. The van der Waals surface area contributed by atoms with E-state index in [2.05, 4.69) is 5.11 Å². The molecule has 5 heteroatoms. The van der Waals surface area contributed by atoms with Gasteiger partial charge in [0.15, 0.2) is 0 Å². The molecule has 3 N–H and O–H groups in total. The van der Waals surface area contributed by atoms with Gasteiger partial charge in [0, 0.05) is 0 Å². The SMILES string of the molecule is N=NC(O)NC=O. The molecule has 0 saturated carbocycles. The first-order valence-corrected chi connectivity index (χ1v) is 1.55. The average molecular weight is 103 g/mol. The molecule has 0 radical (unpaired) electrons. The third-order valence-electron chi connectivity index (χ3n) is 0.339. The molecule has 0 heterocycles. The zero-order valence-corrected chi connectivity index (χ0v) is 3.46. The molecular formula is C2H5N3O2. The molecule has 0 aromatic rings. The van der Waals surface area contributed by atoms with E-state index in [1.165, 1.54) is 0 Å². The summed E-state index contributed by atoms with van der Waals surface area (Å²) in [7, 11) is 0. The molecule has 0 aromatic heterocycles. The van der Waals surface area contributed by atoms with Gasteiger partial charge in [0.25, 0.3) is 0 Å². The second-order valence-corrected chi connectivity index (χ2v) is 0.787. The molecular weight excluding hydrogens is 98.0 g/mol. The van der Waals surface area contributed by atoms with Crippen molar-refractivity contribution in [1.29, 1.82) is 5.53 Å². The summed E-state index contributed by atoms with van der Waals surface area (Å²) in [5.74, 6) is 0. The largest absolute Gasteiger partial charge is 0.354 e. The highest BCUT2D eigenvalue weighted by Gasteiger charge is 1.90. The Kier molecular flexibility index (Phi) is 2.78. The highest BCUT2D eigenvalue weighted by atomic mass is 16.3. The number of nitrogens with zero attached hydrogens (tertiary/aromatic N) is 1. The second kappa shape index (κ2) is 3.23. The van der Waals surface area contributed by atoms with Gasteiger partial charge in [0.2, 0.25) is 12.8 Å². The molecule has 1 unspecified atom stereocenters. The number of aliphatic hydroxyl groups excluding tert-OH is 1. The van der Waals surface area contributed by atoms with Crippen molar-refractivity contribution in [3.63, 3.8) is 0 Å². The quantitative estimate of drug-likeness (QED) is 0.244. The maximum Gasteiger partial charge on any atom is 0.244 e. The van der Waals surface area contributed by atoms with Crippen LogP contribution in [0, 0.1) is 5.53 Å². The molecule has 0 fully saturated rings. The van der Waals surface area contributed by atoms with Gasteiger partial charge >= 0.3 is 0 Å². The van der Waals surface area contributed by atoms with Gasteiger partial charge in [-0.3, -0.25) is 4.79 Å². The first-order valence-electron chi connectivity index (χ1n) is 1.55. The Labute approximate surface area is 39.8 Å². The van der Waals surface area contributed by atoms with Crippen LogP contribution >= 0.6 is 0 Å². The lowest BCUT2D eigenvalue weighted by Gasteiger charge is -1.95. The zero-order valence-electron chi connectivity index (χ0n) is 3.46. The van der Waals surface area contributed by atoms with Crippen LogP contribution in [0.3, 0.4) is 0 Å². The second-order valence-electron chi connectivity index (χ2n) is 0.787. The fourth-order valence-corrected chi connectivity index (χ4v) is 0.0981. The molecule has 0 spiro atoms. The predicted molar refractivity (Wildman–Crippen MR) is 20.4 cm³/mol. The smallest absolute Gasteiger partial charge is 0.244 e. The summed E-state index contributed by atoms with van der Waals surface area (Å²) in [5, 5.41) is 12.5. The number of nitrogens with one attached hydrogen (secondary N) is 2. The molecule has 5 nitrogen and oxygen atoms in total. The lowest BCUT2D eigenvalue weighted by Crippen LogP contribution is -2.23. The summed E-state index contributed by atoms with van der Waals surface area (Å²) in [6, 6.07) is 0. The van der Waals surface area contributed by atoms with E-state index in [9.17, 15) is 4.79 Å². The van der Waals surface area contributed by atoms with E-state index >= 15 is 0 Å². The maximum absolute atomic E-state index is 9.36. The van der Waals surface area contributed by atoms with Gasteiger partial charge in [-0.15, -0.1) is 5.11 Å². The van der Waals surface area contributed by atoms with Crippen LogP contribution in [0.1, 0.15) is 0 Å². The van der Waals surface area contributed by atoms with E-state index in [0.717, 1.165) is 0 Å². The molecule has 1 atom stereocenters. The van der Waals surface area contributed by atoms with E-state index < -0.39 is 6.35 Å². The van der Waals surface area contributed by atoms with Crippen molar-refractivity contribution in [3.05, 3.63) is 0 Å². The van der Waals surface area contributed by atoms with Crippen molar-refractivity contribution < 1.29 is 9.90 Å². The van der Waals surface area contributed by atoms with Crippen LogP contribution in [0.4, 0.5) is 0 Å². The van der Waals surface area contributed by atoms with Gasteiger partial charge in [-0.25, -0.2) is 5.53 Å². The number of amides is 1. The number of rotatable bonds is 3. The van der Waals surface area contributed by atoms with E-state index in [1.54, 1.807) is 0 Å². The highest BCUT2D eigenvalue weighted by Crippen LogP contribution is 1.69. The van der Waals surface area contributed by atoms with Crippen molar-refractivity contribution in [3.8, 4) is 0 Å². The van der Waals surface area contributed by atoms with Gasteiger partial charge < -0.3 is 10.4 Å². The molecule has 0 saturated heterocycles. The molecule has 0 aromatic carbocycles. The van der Waals surface area contributed by atoms with Gasteiger partial charge in [0.1, 0.15) is 0 Å². The number of hydrogen-bond donors (Lipinski definition) is 3. The summed E-state index contributed by atoms with van der Waals surface area (Å²) >= 11 is 0. The number of carbonyl (C=O) groups excluding carboxylic acids is 1. The fraction of sp³-hybridized carbons (Fsp3) is 0.500. The first kappa shape index (κ1) is 6.03. The van der Waals surface area contributed by atoms with Gasteiger partial charge in [-0.1, -0.05) is 0 Å². The average Bonchev–Trinajstić information content (AvgIpc) is 1.68. The van der Waals surface area contributed by atoms with Gasteiger partial charge in [-0.2, -0.15) is 0 Å². The standard InChI is InChI=1S/C2H5N3O2/c3-5-2(7)4-1-6/h1-3,7H,(H,4,6). The summed E-state index contributed by atoms with van der Waals surface area (Å²) in [5.41, 5.74) is 6.07. The zero-order chi connectivity index (χ0) is 5.70. The number of carbonyl (C=O) groups is 1. The van der Waals surface area contributed by atoms with Gasteiger partial charge in [-0.05, 0) is 0 Å². The minimum atomic E-state index is -1.38. The highest BCUT2D eigenvalue weighted by molar-refractivity contribution is 5.45. The van der Waals surface area contributed by atoms with Crippen molar-refractivity contribution in [2.75, 3.05) is 0 Å². The molecule has 0 aliphatic rings. The summed E-state index contributed by atoms with van der Waals surface area (Å²) in [4.78, 5) is 9.36. The topological polar surface area (TPSA) is 85.5 Å². The Hall–Kier alpha value is -0.970. The van der Waals surface area contributed by atoms with Gasteiger partial charge in [0.05, 0.1) is 0 Å². The monoisotopic (exact) mass is 103 g/mol. The van der Waals surface area contributed by atoms with E-state index in [1.807, 2.05) is 5.32 Å². The van der Waals surface area contributed by atoms with Crippen LogP contribution in [-0.2, 0) is 4.79 Å². The van der Waals surface area contributed by atoms with Crippen molar-refractivity contribution >= 4 is 6.41 Å². The molecule has 0 aliphatic carbocycles. The van der Waals surface area contributed by atoms with Crippen molar-refractivity contribution in [2.24, 2.45) is 5.11 Å². The normalized spacial score (nSPS) is 12.1. The minimum Gasteiger partial charge on any atom is -0.354 e. The number of hydrogen-bond acceptors (Lipinski definition) is 4. The van der Waals surface area contributed by atoms with Crippen molar-refractivity contribution in [1.82, 2.24) is 5.32 Å². The van der Waals surface area contributed by atoms with Crippen LogP contribution in [0.15, 0.2) is 5.11 Å². The number of aliphatic hydroxyl groups is 1. The van der Waals surface area contributed by atoms with Crippen molar-refractivity contribution in [2.45, 2.75) is 6.35 Å². The summed E-state index contributed by atoms with van der Waals surface area (Å²) in [6.07, 6.45) is -1.11. The molecule has 1 amide bonds. The van der Waals surface area contributed by atoms with E-state index in [-0.39, 0.29) is 6.41 Å². The third kappa shape index (κ3) is 2.84. The first-order chi connectivity index (χ1) is 3.31. The lowest BCUT2D eigenvalue weighted by molar-refractivity contribution is -0.112. The third-order valence-corrected chi connectivity index (χ3v) is 0.339. The summed E-state index contributed by atoms with van der Waals surface area (Å²) < 4.78 is 0. The molecule has 40 valence electrons. The van der Waals surface area contributed by atoms with Crippen LogP contribution in [0.5, 0.6) is 0 Å².